The summed E-state index contributed by atoms with van der Waals surface area (Å²) in [5, 5.41) is 20.3. The molecule has 2 rings (SSSR count). The standard InChI is InChI=1S/C15H16N4O6/c1-16(13(20)8-17(2)15(22)23)9-14(21)18-6-5-10-3-4-11(19(24)25)7-12(10)18/h3-7H,8-9H2,1-2H3,(H,22,23). The van der Waals surface area contributed by atoms with Crippen LogP contribution >= 0.6 is 0 Å². The van der Waals surface area contributed by atoms with Gasteiger partial charge in [-0.25, -0.2) is 4.79 Å². The van der Waals surface area contributed by atoms with Gasteiger partial charge in [0.05, 0.1) is 10.4 Å². The number of benzene rings is 1. The summed E-state index contributed by atoms with van der Waals surface area (Å²) in [6.07, 6.45) is 0.218. The van der Waals surface area contributed by atoms with E-state index >= 15 is 0 Å². The highest BCUT2D eigenvalue weighted by atomic mass is 16.6. The number of carbonyl (C=O) groups excluding carboxylic acids is 2. The van der Waals surface area contributed by atoms with Crippen molar-refractivity contribution < 1.29 is 24.4 Å². The number of rotatable bonds is 5. The van der Waals surface area contributed by atoms with Crippen molar-refractivity contribution in [2.75, 3.05) is 27.2 Å². The Hall–Kier alpha value is -3.43. The van der Waals surface area contributed by atoms with Crippen LogP contribution in [-0.4, -0.2) is 69.5 Å². The van der Waals surface area contributed by atoms with E-state index in [1.165, 1.54) is 43.1 Å². The molecule has 0 unspecified atom stereocenters. The first kappa shape index (κ1) is 17.9. The number of amides is 2. The molecule has 25 heavy (non-hydrogen) atoms. The summed E-state index contributed by atoms with van der Waals surface area (Å²) in [6.45, 7) is -0.671. The topological polar surface area (TPSA) is 126 Å². The number of hydrogen-bond donors (Lipinski definition) is 1. The van der Waals surface area contributed by atoms with E-state index in [2.05, 4.69) is 0 Å². The van der Waals surface area contributed by atoms with E-state index in [1.54, 1.807) is 6.07 Å². The monoisotopic (exact) mass is 348 g/mol. The molecule has 0 bridgehead atoms. The molecule has 0 atom stereocenters. The first-order chi connectivity index (χ1) is 11.7. The fraction of sp³-hybridized carbons (Fsp3) is 0.267. The number of nitro groups is 1. The van der Waals surface area contributed by atoms with Crippen LogP contribution in [-0.2, 0) is 4.79 Å². The first-order valence-corrected chi connectivity index (χ1v) is 7.17. The van der Waals surface area contributed by atoms with Crippen LogP contribution in [0.2, 0.25) is 0 Å². The summed E-state index contributed by atoms with van der Waals surface area (Å²) in [7, 11) is 2.62. The number of non-ortho nitro benzene ring substituents is 1. The highest BCUT2D eigenvalue weighted by Gasteiger charge is 2.19. The Morgan fingerprint density at radius 2 is 1.84 bits per heavy atom. The van der Waals surface area contributed by atoms with Crippen LogP contribution < -0.4 is 0 Å². The molecule has 10 nitrogen and oxygen atoms in total. The molecule has 2 amide bonds. The highest BCUT2D eigenvalue weighted by Crippen LogP contribution is 2.21. The number of carboxylic acid groups (broad SMARTS) is 1. The normalized spacial score (nSPS) is 10.5. The van der Waals surface area contributed by atoms with Crippen molar-refractivity contribution in [3.05, 3.63) is 40.6 Å². The van der Waals surface area contributed by atoms with Gasteiger partial charge in [0.2, 0.25) is 5.91 Å². The second-order valence-electron chi connectivity index (χ2n) is 5.47. The van der Waals surface area contributed by atoms with Crippen LogP contribution in [0.5, 0.6) is 0 Å². The summed E-state index contributed by atoms with van der Waals surface area (Å²) in [5.74, 6) is -1.01. The zero-order valence-corrected chi connectivity index (χ0v) is 13.6. The summed E-state index contributed by atoms with van der Waals surface area (Å²) in [6, 6.07) is 5.80. The van der Waals surface area contributed by atoms with Crippen molar-refractivity contribution in [2.24, 2.45) is 0 Å². The van der Waals surface area contributed by atoms with Gasteiger partial charge in [-0.05, 0) is 12.1 Å². The molecule has 1 aromatic carbocycles. The second kappa shape index (κ2) is 6.99. The van der Waals surface area contributed by atoms with Gasteiger partial charge in [0.25, 0.3) is 11.6 Å². The van der Waals surface area contributed by atoms with Gasteiger partial charge in [-0.1, -0.05) is 0 Å². The molecule has 0 saturated heterocycles. The minimum absolute atomic E-state index is 0.146. The smallest absolute Gasteiger partial charge is 0.407 e. The maximum atomic E-state index is 12.4. The molecule has 0 aliphatic heterocycles. The van der Waals surface area contributed by atoms with Crippen LogP contribution in [0, 0.1) is 10.1 Å². The Balaban J connectivity index is 2.16. The van der Waals surface area contributed by atoms with Crippen LogP contribution in [0.3, 0.4) is 0 Å². The molecule has 0 fully saturated rings. The SMILES string of the molecule is CN(CC(=O)N(C)CC(=O)n1ccc2ccc([N+](=O)[O-])cc21)C(=O)O. The van der Waals surface area contributed by atoms with Crippen LogP contribution in [0.1, 0.15) is 4.79 Å². The van der Waals surface area contributed by atoms with Gasteiger partial charge in [0.1, 0.15) is 13.1 Å². The molecule has 10 heteroatoms. The van der Waals surface area contributed by atoms with Crippen molar-refractivity contribution in [1.82, 2.24) is 14.4 Å². The molecule has 1 heterocycles. The predicted octanol–water partition coefficient (Wildman–Crippen LogP) is 1.26. The zero-order chi connectivity index (χ0) is 18.7. The molecular formula is C15H16N4O6. The number of nitro benzene ring substituents is 1. The first-order valence-electron chi connectivity index (χ1n) is 7.17. The van der Waals surface area contributed by atoms with Crippen LogP contribution in [0.15, 0.2) is 30.5 Å². The van der Waals surface area contributed by atoms with Crippen molar-refractivity contribution in [3.63, 3.8) is 0 Å². The fourth-order valence-electron chi connectivity index (χ4n) is 2.21. The lowest BCUT2D eigenvalue weighted by atomic mass is 10.2. The number of aromatic nitrogens is 1. The van der Waals surface area contributed by atoms with Crippen molar-refractivity contribution >= 4 is 34.5 Å². The van der Waals surface area contributed by atoms with E-state index in [1.807, 2.05) is 0 Å². The summed E-state index contributed by atoms with van der Waals surface area (Å²) < 4.78 is 1.23. The molecule has 2 aromatic rings. The Bertz CT molecular complexity index is 859. The number of hydrogen-bond acceptors (Lipinski definition) is 5. The number of likely N-dealkylation sites (N-methyl/N-ethyl adjacent to an activating group) is 2. The molecule has 1 aromatic heterocycles. The van der Waals surface area contributed by atoms with Gasteiger partial charge in [0.15, 0.2) is 0 Å². The van der Waals surface area contributed by atoms with E-state index in [0.717, 1.165) is 9.80 Å². The van der Waals surface area contributed by atoms with Crippen LogP contribution in [0.25, 0.3) is 10.9 Å². The Kier molecular flexibility index (Phi) is 5.01. The van der Waals surface area contributed by atoms with E-state index < -0.39 is 22.8 Å². The highest BCUT2D eigenvalue weighted by molar-refractivity contribution is 5.95. The lowest BCUT2D eigenvalue weighted by molar-refractivity contribution is -0.384. The molecular weight excluding hydrogens is 332 g/mol. The molecule has 132 valence electrons. The van der Waals surface area contributed by atoms with E-state index in [0.29, 0.717) is 10.9 Å². The van der Waals surface area contributed by atoms with Gasteiger partial charge in [-0.2, -0.15) is 0 Å². The molecule has 0 radical (unpaired) electrons. The molecule has 1 N–H and O–H groups in total. The largest absolute Gasteiger partial charge is 0.465 e. The lowest BCUT2D eigenvalue weighted by Crippen LogP contribution is -2.41. The second-order valence-corrected chi connectivity index (χ2v) is 5.47. The van der Waals surface area contributed by atoms with Gasteiger partial charge in [-0.15, -0.1) is 0 Å². The third-order valence-corrected chi connectivity index (χ3v) is 3.65. The molecule has 0 saturated carbocycles. The minimum Gasteiger partial charge on any atom is -0.465 e. The third kappa shape index (κ3) is 3.91. The van der Waals surface area contributed by atoms with Crippen molar-refractivity contribution in [3.8, 4) is 0 Å². The van der Waals surface area contributed by atoms with Crippen LogP contribution in [0.4, 0.5) is 10.5 Å². The molecule has 0 aliphatic carbocycles. The fourth-order valence-corrected chi connectivity index (χ4v) is 2.21. The van der Waals surface area contributed by atoms with E-state index in [4.69, 9.17) is 5.11 Å². The number of nitrogens with zero attached hydrogens (tertiary/aromatic N) is 4. The quantitative estimate of drug-likeness (QED) is 0.640. The summed E-state index contributed by atoms with van der Waals surface area (Å²) in [5.41, 5.74) is 0.218. The average molecular weight is 348 g/mol. The molecule has 0 spiro atoms. The third-order valence-electron chi connectivity index (χ3n) is 3.65. The van der Waals surface area contributed by atoms with Crippen molar-refractivity contribution in [1.29, 1.82) is 0 Å². The molecule has 0 aliphatic rings. The lowest BCUT2D eigenvalue weighted by Gasteiger charge is -2.20. The zero-order valence-electron chi connectivity index (χ0n) is 13.6. The average Bonchev–Trinajstić information content (AvgIpc) is 2.97. The van der Waals surface area contributed by atoms with Gasteiger partial charge in [-0.3, -0.25) is 24.3 Å². The maximum Gasteiger partial charge on any atom is 0.407 e. The number of carbonyl (C=O) groups is 3. The Morgan fingerprint density at radius 1 is 1.16 bits per heavy atom. The van der Waals surface area contributed by atoms with Gasteiger partial charge >= 0.3 is 6.09 Å². The summed E-state index contributed by atoms with van der Waals surface area (Å²) >= 11 is 0. The predicted molar refractivity (Wildman–Crippen MR) is 87.5 cm³/mol. The maximum absolute atomic E-state index is 12.4. The number of fused-ring (bicyclic) bond motifs is 1. The minimum atomic E-state index is -1.25. The summed E-state index contributed by atoms with van der Waals surface area (Å²) in [4.78, 5) is 47.3. The van der Waals surface area contributed by atoms with Gasteiger partial charge < -0.3 is 14.9 Å². The Labute approximate surface area is 142 Å². The van der Waals surface area contributed by atoms with E-state index in [-0.39, 0.29) is 18.8 Å². The van der Waals surface area contributed by atoms with E-state index in [9.17, 15) is 24.5 Å². The Morgan fingerprint density at radius 3 is 2.44 bits per heavy atom. The van der Waals surface area contributed by atoms with Crippen molar-refractivity contribution in [2.45, 2.75) is 0 Å². The van der Waals surface area contributed by atoms with Gasteiger partial charge in [0, 0.05) is 37.8 Å².